The van der Waals surface area contributed by atoms with Crippen LogP contribution in [0.2, 0.25) is 0 Å². The third-order valence-corrected chi connectivity index (χ3v) is 6.91. The molecule has 0 aliphatic rings. The first kappa shape index (κ1) is 27.2. The highest BCUT2D eigenvalue weighted by atomic mass is 32.2. The molecule has 2 unspecified atom stereocenters. The summed E-state index contributed by atoms with van der Waals surface area (Å²) in [5.41, 5.74) is 3.78. The van der Waals surface area contributed by atoms with E-state index in [2.05, 4.69) is 75.4 Å². The Morgan fingerprint density at radius 1 is 1.28 bits per heavy atom. The number of rotatable bonds is 11. The lowest BCUT2D eigenvalue weighted by atomic mass is 9.91. The van der Waals surface area contributed by atoms with Gasteiger partial charge in [0.05, 0.1) is 9.71 Å². The van der Waals surface area contributed by atoms with E-state index in [0.717, 1.165) is 29.7 Å². The molecule has 0 aliphatic carbocycles. The van der Waals surface area contributed by atoms with Crippen molar-refractivity contribution in [1.82, 2.24) is 4.72 Å². The molecule has 1 rings (SSSR count). The Bertz CT molecular complexity index is 787. The van der Waals surface area contributed by atoms with E-state index in [0.29, 0.717) is 18.4 Å². The number of allylic oxidation sites excluding steroid dienone is 5. The van der Waals surface area contributed by atoms with Gasteiger partial charge in [-0.25, -0.2) is 8.93 Å². The van der Waals surface area contributed by atoms with Crippen LogP contribution in [0, 0.1) is 11.8 Å². The van der Waals surface area contributed by atoms with Gasteiger partial charge in [0.15, 0.2) is 0 Å². The molecule has 162 valence electrons. The van der Waals surface area contributed by atoms with Gasteiger partial charge in [-0.3, -0.25) is 0 Å². The lowest BCUT2D eigenvalue weighted by molar-refractivity contribution is 0.438. The lowest BCUT2D eigenvalue weighted by Crippen LogP contribution is -2.31. The summed E-state index contributed by atoms with van der Waals surface area (Å²) in [4.78, 5) is 0.783. The van der Waals surface area contributed by atoms with Crippen LogP contribution in [0.3, 0.4) is 0 Å². The molecule has 0 bridgehead atoms. The van der Waals surface area contributed by atoms with E-state index in [9.17, 15) is 4.21 Å². The first-order valence-electron chi connectivity index (χ1n) is 10.4. The largest absolute Gasteiger partial charge is 0.248 e. The minimum atomic E-state index is -2.50. The Hall–Kier alpha value is -1.84. The fraction of sp³-hybridized carbons (Fsp3) is 0.423. The van der Waals surface area contributed by atoms with Crippen molar-refractivity contribution in [2.24, 2.45) is 11.8 Å². The molecule has 1 aromatic rings. The van der Waals surface area contributed by atoms with Crippen molar-refractivity contribution in [3.05, 3.63) is 78.9 Å². The van der Waals surface area contributed by atoms with Crippen molar-refractivity contribution in [2.75, 3.05) is 6.54 Å². The molecular weight excluding hydrogens is 374 g/mol. The summed E-state index contributed by atoms with van der Waals surface area (Å²) in [6.45, 7) is 21.3. The number of nitrogens with one attached hydrogen (secondary N) is 1. The number of aryl methyl sites for hydroxylation is 1. The smallest absolute Gasteiger partial charge is 0.0533 e. The highest BCUT2D eigenvalue weighted by Crippen LogP contribution is 2.20. The monoisotopic (exact) mass is 415 g/mol. The van der Waals surface area contributed by atoms with Gasteiger partial charge in [0, 0.05) is 11.4 Å². The molecule has 0 heterocycles. The maximum absolute atomic E-state index is 13.1. The molecule has 0 spiro atoms. The highest BCUT2D eigenvalue weighted by molar-refractivity contribution is 7.98. The van der Waals surface area contributed by atoms with Crippen molar-refractivity contribution < 1.29 is 4.21 Å². The molecule has 3 heteroatoms. The van der Waals surface area contributed by atoms with Gasteiger partial charge >= 0.3 is 0 Å². The van der Waals surface area contributed by atoms with Gasteiger partial charge < -0.3 is 0 Å². The molecule has 0 saturated carbocycles. The van der Waals surface area contributed by atoms with Crippen molar-refractivity contribution in [3.63, 3.8) is 0 Å². The molecule has 2 nitrogen and oxygen atoms in total. The third-order valence-electron chi connectivity index (χ3n) is 5.26. The van der Waals surface area contributed by atoms with Crippen LogP contribution in [0.1, 0.15) is 53.0 Å². The quantitative estimate of drug-likeness (QED) is 0.241. The number of hydrogen-bond acceptors (Lipinski definition) is 1. The maximum atomic E-state index is 13.1. The van der Waals surface area contributed by atoms with Crippen LogP contribution in [0.4, 0.5) is 0 Å². The van der Waals surface area contributed by atoms with Gasteiger partial charge in [-0.05, 0) is 68.5 Å². The van der Waals surface area contributed by atoms with Crippen LogP contribution in [-0.2, 0) is 16.1 Å². The summed E-state index contributed by atoms with van der Waals surface area (Å²) in [6.07, 6.45) is 9.36. The Balaban J connectivity index is 0.00000379. The van der Waals surface area contributed by atoms with Crippen LogP contribution in [-0.4, -0.2) is 16.6 Å². The van der Waals surface area contributed by atoms with E-state index in [1.54, 1.807) is 0 Å². The Morgan fingerprint density at radius 2 is 1.93 bits per heavy atom. The molecular formula is C26H41NOS. The summed E-state index contributed by atoms with van der Waals surface area (Å²) >= 11 is 0. The summed E-state index contributed by atoms with van der Waals surface area (Å²) < 4.78 is 16.3. The van der Waals surface area contributed by atoms with Crippen LogP contribution < -0.4 is 4.72 Å². The van der Waals surface area contributed by atoms with Gasteiger partial charge in [0.2, 0.25) is 0 Å². The van der Waals surface area contributed by atoms with Gasteiger partial charge in [0.1, 0.15) is 0 Å². The van der Waals surface area contributed by atoms with Crippen LogP contribution in [0.15, 0.2) is 78.3 Å². The fourth-order valence-electron chi connectivity index (χ4n) is 2.83. The number of hydrogen-bond donors (Lipinski definition) is 1. The molecule has 0 saturated heterocycles. The molecule has 0 fully saturated rings. The van der Waals surface area contributed by atoms with Gasteiger partial charge in [0.25, 0.3) is 0 Å². The van der Waals surface area contributed by atoms with E-state index < -0.39 is 9.71 Å². The predicted octanol–water partition coefficient (Wildman–Crippen LogP) is 6.76. The molecule has 3 atom stereocenters. The molecule has 29 heavy (non-hydrogen) atoms. The van der Waals surface area contributed by atoms with Gasteiger partial charge in [-0.2, -0.15) is 0 Å². The highest BCUT2D eigenvalue weighted by Gasteiger charge is 2.15. The normalized spacial score (nSPS) is 15.8. The molecule has 0 aliphatic heterocycles. The fourth-order valence-corrected chi connectivity index (χ4v) is 4.17. The van der Waals surface area contributed by atoms with Crippen molar-refractivity contribution in [3.8, 4) is 0 Å². The zero-order valence-corrected chi connectivity index (χ0v) is 20.0. The molecule has 1 N–H and O–H groups in total. The average Bonchev–Trinajstić information content (AvgIpc) is 2.73. The van der Waals surface area contributed by atoms with E-state index in [4.69, 9.17) is 0 Å². The van der Waals surface area contributed by atoms with Crippen LogP contribution >= 0.6 is 0 Å². The van der Waals surface area contributed by atoms with Gasteiger partial charge in [-0.1, -0.05) is 68.9 Å². The summed E-state index contributed by atoms with van der Waals surface area (Å²) in [5.74, 6) is 4.73. The average molecular weight is 416 g/mol. The van der Waals surface area contributed by atoms with Crippen molar-refractivity contribution in [2.45, 2.75) is 58.8 Å². The second-order valence-electron chi connectivity index (χ2n) is 7.49. The molecule has 0 aromatic heterocycles. The Labute approximate surface area is 180 Å². The molecule has 1 aromatic carbocycles. The van der Waals surface area contributed by atoms with Crippen LogP contribution in [0.5, 0.6) is 0 Å². The second-order valence-corrected chi connectivity index (χ2v) is 9.60. The third kappa shape index (κ3) is 9.96. The van der Waals surface area contributed by atoms with E-state index in [1.165, 1.54) is 11.1 Å². The summed E-state index contributed by atoms with van der Waals surface area (Å²) in [7, 11) is -2.50. The van der Waals surface area contributed by atoms with Crippen molar-refractivity contribution in [1.29, 1.82) is 0 Å². The van der Waals surface area contributed by atoms with Crippen molar-refractivity contribution >= 4 is 15.6 Å². The van der Waals surface area contributed by atoms with E-state index in [-0.39, 0.29) is 0 Å². The standard InChI is InChI=1S/C24H37NOS.C2H4/c1-8-10-12-22(9-2)15-16-23-13-11-14-24(17-23)27(7,26)25-18-20(5)21(6)19(3)4;1-2/h8,10-14,17,20-21H,3,7,9,15-16,18H2,1-2,4-6H3,(H,25,26);1-2H2/b10-8-,22-12+;/t20-,21?,27?;/m1./s1. The SMILES string of the molecule is C=C.C=C(C)C(C)[C@H](C)CNS(=C)(=O)c1cccc(CC/C(=C/C=C\C)CC)c1. The minimum Gasteiger partial charge on any atom is -0.248 e. The maximum Gasteiger partial charge on any atom is 0.0533 e. The summed E-state index contributed by atoms with van der Waals surface area (Å²) in [5, 5.41) is 0. The number of benzene rings is 1. The Morgan fingerprint density at radius 3 is 2.48 bits per heavy atom. The first-order valence-corrected chi connectivity index (χ1v) is 12.1. The molecule has 0 radical (unpaired) electrons. The Kier molecular flexibility index (Phi) is 13.3. The molecule has 0 amide bonds. The first-order chi connectivity index (χ1) is 13.7. The lowest BCUT2D eigenvalue weighted by Gasteiger charge is -2.22. The van der Waals surface area contributed by atoms with E-state index >= 15 is 0 Å². The van der Waals surface area contributed by atoms with Gasteiger partial charge in [-0.15, -0.1) is 13.2 Å². The van der Waals surface area contributed by atoms with E-state index in [1.807, 2.05) is 32.0 Å². The summed E-state index contributed by atoms with van der Waals surface area (Å²) in [6, 6.07) is 8.04. The second kappa shape index (κ2) is 14.2. The predicted molar refractivity (Wildman–Crippen MR) is 134 cm³/mol. The minimum absolute atomic E-state index is 0.358. The van der Waals surface area contributed by atoms with Crippen LogP contribution in [0.25, 0.3) is 0 Å². The topological polar surface area (TPSA) is 29.1 Å². The zero-order valence-electron chi connectivity index (χ0n) is 19.2. The zero-order chi connectivity index (χ0) is 22.4.